The van der Waals surface area contributed by atoms with Gasteiger partial charge in [0.25, 0.3) is 0 Å². The Balaban J connectivity index is 1.36. The zero-order valence-corrected chi connectivity index (χ0v) is 16.9. The van der Waals surface area contributed by atoms with E-state index in [9.17, 15) is 9.59 Å². The van der Waals surface area contributed by atoms with Crippen LogP contribution in [0, 0.1) is 5.92 Å². The summed E-state index contributed by atoms with van der Waals surface area (Å²) in [6, 6.07) is 5.72. The summed E-state index contributed by atoms with van der Waals surface area (Å²) < 4.78 is 0. The molecule has 3 aromatic rings. The van der Waals surface area contributed by atoms with E-state index in [4.69, 9.17) is 11.6 Å². The molecule has 4 rings (SSSR count). The van der Waals surface area contributed by atoms with Crippen molar-refractivity contribution in [2.45, 2.75) is 26.2 Å². The van der Waals surface area contributed by atoms with Crippen molar-refractivity contribution in [3.8, 4) is 0 Å². The van der Waals surface area contributed by atoms with Gasteiger partial charge in [-0.25, -0.2) is 0 Å². The van der Waals surface area contributed by atoms with Gasteiger partial charge in [-0.2, -0.15) is 0 Å². The molecule has 2 aromatic heterocycles. The first-order valence-corrected chi connectivity index (χ1v) is 10.4. The third-order valence-electron chi connectivity index (χ3n) is 4.97. The van der Waals surface area contributed by atoms with Crippen LogP contribution in [0.15, 0.2) is 24.4 Å². The molecule has 2 amide bonds. The molecule has 1 fully saturated rings. The van der Waals surface area contributed by atoms with Gasteiger partial charge in [0, 0.05) is 41.6 Å². The van der Waals surface area contributed by atoms with E-state index in [1.54, 1.807) is 4.90 Å². The molecule has 2 N–H and O–H groups in total. The second-order valence-electron chi connectivity index (χ2n) is 6.84. The van der Waals surface area contributed by atoms with Gasteiger partial charge in [-0.1, -0.05) is 29.9 Å². The van der Waals surface area contributed by atoms with E-state index in [1.165, 1.54) is 11.3 Å². The zero-order valence-electron chi connectivity index (χ0n) is 15.4. The number of anilines is 1. The number of hydrogen-bond donors (Lipinski definition) is 2. The molecule has 1 aliphatic rings. The number of aromatic nitrogens is 3. The molecular weight excluding hydrogens is 398 g/mol. The predicted octanol–water partition coefficient (Wildman–Crippen LogP) is 3.26. The Morgan fingerprint density at radius 3 is 3.07 bits per heavy atom. The van der Waals surface area contributed by atoms with Crippen molar-refractivity contribution < 1.29 is 9.59 Å². The first kappa shape index (κ1) is 18.9. The lowest BCUT2D eigenvalue weighted by atomic mass is 10.1. The molecule has 0 saturated carbocycles. The Bertz CT molecular complexity index is 1030. The molecule has 1 atom stereocenters. The van der Waals surface area contributed by atoms with Crippen molar-refractivity contribution in [1.29, 1.82) is 0 Å². The molecular formula is C19H20ClN5O2S. The number of hydrogen-bond acceptors (Lipinski definition) is 5. The SMILES string of the molecule is CCc1nnc(NC(=O)[C@H]2CC(=O)N(CCc3c[nH]c4ccc(Cl)cc34)C2)s1. The summed E-state index contributed by atoms with van der Waals surface area (Å²) in [6.07, 6.45) is 3.66. The molecule has 28 heavy (non-hydrogen) atoms. The predicted molar refractivity (Wildman–Crippen MR) is 110 cm³/mol. The summed E-state index contributed by atoms with van der Waals surface area (Å²) in [7, 11) is 0. The number of likely N-dealkylation sites (tertiary alicyclic amines) is 1. The minimum atomic E-state index is -0.362. The molecule has 3 heterocycles. The minimum Gasteiger partial charge on any atom is -0.361 e. The molecule has 0 bridgehead atoms. The zero-order chi connectivity index (χ0) is 19.7. The number of aryl methyl sites for hydroxylation is 1. The molecule has 146 valence electrons. The van der Waals surface area contributed by atoms with E-state index in [1.807, 2.05) is 31.3 Å². The molecule has 0 unspecified atom stereocenters. The van der Waals surface area contributed by atoms with E-state index in [0.717, 1.165) is 27.9 Å². The number of H-pyrrole nitrogens is 1. The van der Waals surface area contributed by atoms with Gasteiger partial charge >= 0.3 is 0 Å². The molecule has 1 saturated heterocycles. The summed E-state index contributed by atoms with van der Waals surface area (Å²) in [5.74, 6) is -0.531. The van der Waals surface area contributed by atoms with Crippen molar-refractivity contribution >= 4 is 50.8 Å². The number of carbonyl (C=O) groups is 2. The maximum atomic E-state index is 12.5. The van der Waals surface area contributed by atoms with Crippen LogP contribution < -0.4 is 5.32 Å². The Labute approximate surface area is 171 Å². The van der Waals surface area contributed by atoms with Gasteiger partial charge < -0.3 is 15.2 Å². The summed E-state index contributed by atoms with van der Waals surface area (Å²) in [5.41, 5.74) is 2.13. The van der Waals surface area contributed by atoms with Crippen molar-refractivity contribution in [3.05, 3.63) is 40.0 Å². The largest absolute Gasteiger partial charge is 0.361 e. The Kier molecular flexibility index (Phi) is 5.32. The van der Waals surface area contributed by atoms with E-state index in [-0.39, 0.29) is 24.2 Å². The fourth-order valence-corrected chi connectivity index (χ4v) is 4.29. The molecule has 0 aliphatic carbocycles. The standard InChI is InChI=1S/C19H20ClN5O2S/c1-2-16-23-24-19(28-16)22-18(27)12-7-17(26)25(10-12)6-5-11-9-21-15-4-3-13(20)8-14(11)15/h3-4,8-9,12,21H,2,5-7,10H2,1H3,(H,22,24,27)/t12-/m0/s1. The second-order valence-corrected chi connectivity index (χ2v) is 8.34. The van der Waals surface area contributed by atoms with Crippen LogP contribution in [0.3, 0.4) is 0 Å². The second kappa shape index (κ2) is 7.89. The number of nitrogens with one attached hydrogen (secondary N) is 2. The molecule has 1 aromatic carbocycles. The minimum absolute atomic E-state index is 0.00420. The van der Waals surface area contributed by atoms with E-state index < -0.39 is 0 Å². The van der Waals surface area contributed by atoms with Crippen LogP contribution in [-0.4, -0.2) is 45.0 Å². The number of nitrogens with zero attached hydrogens (tertiary/aromatic N) is 3. The molecule has 0 radical (unpaired) electrons. The number of aromatic amines is 1. The van der Waals surface area contributed by atoms with Crippen LogP contribution in [0.4, 0.5) is 5.13 Å². The maximum absolute atomic E-state index is 12.5. The summed E-state index contributed by atoms with van der Waals surface area (Å²) >= 11 is 7.46. The van der Waals surface area contributed by atoms with E-state index in [2.05, 4.69) is 20.5 Å². The highest BCUT2D eigenvalue weighted by Crippen LogP contribution is 2.25. The third-order valence-corrected chi connectivity index (χ3v) is 6.18. The van der Waals surface area contributed by atoms with Crippen LogP contribution >= 0.6 is 22.9 Å². The Morgan fingerprint density at radius 1 is 1.43 bits per heavy atom. The van der Waals surface area contributed by atoms with Gasteiger partial charge in [0.2, 0.25) is 16.9 Å². The van der Waals surface area contributed by atoms with Crippen molar-refractivity contribution in [1.82, 2.24) is 20.1 Å². The lowest BCUT2D eigenvalue weighted by Gasteiger charge is -2.16. The first-order valence-electron chi connectivity index (χ1n) is 9.20. The van der Waals surface area contributed by atoms with Gasteiger partial charge in [-0.05, 0) is 36.6 Å². The Hall–Kier alpha value is -2.45. The highest BCUT2D eigenvalue weighted by Gasteiger charge is 2.34. The van der Waals surface area contributed by atoms with Crippen molar-refractivity contribution in [2.24, 2.45) is 5.92 Å². The Morgan fingerprint density at radius 2 is 2.29 bits per heavy atom. The number of fused-ring (bicyclic) bond motifs is 1. The number of rotatable bonds is 6. The fraction of sp³-hybridized carbons (Fsp3) is 0.368. The highest BCUT2D eigenvalue weighted by molar-refractivity contribution is 7.15. The normalized spacial score (nSPS) is 16.9. The van der Waals surface area contributed by atoms with Crippen molar-refractivity contribution in [3.63, 3.8) is 0 Å². The van der Waals surface area contributed by atoms with Gasteiger partial charge in [0.05, 0.1) is 5.92 Å². The maximum Gasteiger partial charge on any atom is 0.231 e. The molecule has 0 spiro atoms. The smallest absolute Gasteiger partial charge is 0.231 e. The van der Waals surface area contributed by atoms with Crippen LogP contribution in [0.5, 0.6) is 0 Å². The fourth-order valence-electron chi connectivity index (χ4n) is 3.43. The monoisotopic (exact) mass is 417 g/mol. The van der Waals surface area contributed by atoms with Crippen LogP contribution in [0.1, 0.15) is 23.9 Å². The average Bonchev–Trinajstić information content (AvgIpc) is 3.38. The highest BCUT2D eigenvalue weighted by atomic mass is 35.5. The number of halogens is 1. The lowest BCUT2D eigenvalue weighted by molar-refractivity contribution is -0.128. The number of benzene rings is 1. The summed E-state index contributed by atoms with van der Waals surface area (Å²) in [4.78, 5) is 29.8. The first-order chi connectivity index (χ1) is 13.5. The van der Waals surface area contributed by atoms with E-state index >= 15 is 0 Å². The summed E-state index contributed by atoms with van der Waals surface area (Å²) in [6.45, 7) is 2.98. The number of amides is 2. The quantitative estimate of drug-likeness (QED) is 0.644. The molecule has 1 aliphatic heterocycles. The van der Waals surface area contributed by atoms with E-state index in [0.29, 0.717) is 29.7 Å². The third kappa shape index (κ3) is 3.88. The van der Waals surface area contributed by atoms with Gasteiger partial charge in [0.15, 0.2) is 0 Å². The summed E-state index contributed by atoms with van der Waals surface area (Å²) in [5, 5.41) is 13.9. The number of carbonyl (C=O) groups excluding carboxylic acids is 2. The lowest BCUT2D eigenvalue weighted by Crippen LogP contribution is -2.30. The molecule has 7 nitrogen and oxygen atoms in total. The topological polar surface area (TPSA) is 91.0 Å². The molecule has 9 heteroatoms. The average molecular weight is 418 g/mol. The van der Waals surface area contributed by atoms with Crippen molar-refractivity contribution in [2.75, 3.05) is 18.4 Å². The van der Waals surface area contributed by atoms with Crippen LogP contribution in [-0.2, 0) is 22.4 Å². The van der Waals surface area contributed by atoms with Crippen LogP contribution in [0.2, 0.25) is 5.02 Å². The van der Waals surface area contributed by atoms with Gasteiger partial charge in [-0.3, -0.25) is 9.59 Å². The van der Waals surface area contributed by atoms with Gasteiger partial charge in [0.1, 0.15) is 5.01 Å². The van der Waals surface area contributed by atoms with Gasteiger partial charge in [-0.15, -0.1) is 10.2 Å². The van der Waals surface area contributed by atoms with Crippen LogP contribution in [0.25, 0.3) is 10.9 Å².